The molecule has 1 heterocycles. The van der Waals surface area contributed by atoms with Gasteiger partial charge in [0.25, 0.3) is 0 Å². The smallest absolute Gasteiger partial charge is 0.139 e. The molecule has 1 aromatic heterocycles. The van der Waals surface area contributed by atoms with Crippen LogP contribution < -0.4 is 0 Å². The van der Waals surface area contributed by atoms with E-state index >= 15 is 0 Å². The lowest BCUT2D eigenvalue weighted by Crippen LogP contribution is -2.04. The molecule has 0 amide bonds. The van der Waals surface area contributed by atoms with Gasteiger partial charge in [0, 0.05) is 22.3 Å². The maximum Gasteiger partial charge on any atom is 0.139 e. The molecule has 10 rings (SSSR count). The van der Waals surface area contributed by atoms with Crippen molar-refractivity contribution in [2.75, 3.05) is 0 Å². The SMILES string of the molecule is c1ccc(-c2ccc(C(c3ccc(-c4cc5ccccc5c5ccccc45)cc3)c3cccc4c3oc3cc5ccccc5cc34)cc2)cc1. The minimum absolute atomic E-state index is 0.0269. The van der Waals surface area contributed by atoms with Crippen LogP contribution in [0.15, 0.2) is 192 Å². The molecule has 0 radical (unpaired) electrons. The third-order valence-corrected chi connectivity index (χ3v) is 10.4. The summed E-state index contributed by atoms with van der Waals surface area (Å²) in [5.74, 6) is -0.0269. The van der Waals surface area contributed by atoms with Crippen LogP contribution >= 0.6 is 0 Å². The Labute approximate surface area is 290 Å². The quantitative estimate of drug-likeness (QED) is 0.135. The van der Waals surface area contributed by atoms with Crippen molar-refractivity contribution in [2.45, 2.75) is 5.92 Å². The van der Waals surface area contributed by atoms with Crippen LogP contribution in [-0.2, 0) is 0 Å². The van der Waals surface area contributed by atoms with Gasteiger partial charge in [0.2, 0.25) is 0 Å². The molecule has 1 heteroatoms. The van der Waals surface area contributed by atoms with Gasteiger partial charge in [-0.05, 0) is 83.9 Å². The van der Waals surface area contributed by atoms with Gasteiger partial charge in [-0.2, -0.15) is 0 Å². The first-order chi connectivity index (χ1) is 24.8. The molecule has 50 heavy (non-hydrogen) atoms. The summed E-state index contributed by atoms with van der Waals surface area (Å²) in [6.07, 6.45) is 0. The first kappa shape index (κ1) is 28.6. The first-order valence-electron chi connectivity index (χ1n) is 17.3. The Balaban J connectivity index is 1.15. The molecule has 9 aromatic carbocycles. The monoisotopic (exact) mass is 636 g/mol. The molecular weight excluding hydrogens is 605 g/mol. The number of hydrogen-bond donors (Lipinski definition) is 0. The summed E-state index contributed by atoms with van der Waals surface area (Å²) in [5.41, 5.74) is 10.4. The molecule has 0 N–H and O–H groups in total. The van der Waals surface area contributed by atoms with E-state index in [1.807, 2.05) is 0 Å². The Morgan fingerprint density at radius 1 is 0.340 bits per heavy atom. The third-order valence-electron chi connectivity index (χ3n) is 10.4. The normalized spacial score (nSPS) is 12.3. The van der Waals surface area contributed by atoms with E-state index in [0.717, 1.165) is 21.9 Å². The molecule has 0 aliphatic heterocycles. The highest BCUT2D eigenvalue weighted by atomic mass is 16.3. The van der Waals surface area contributed by atoms with Crippen molar-refractivity contribution in [2.24, 2.45) is 0 Å². The second kappa shape index (κ2) is 11.6. The zero-order chi connectivity index (χ0) is 33.0. The van der Waals surface area contributed by atoms with E-state index in [0.29, 0.717) is 0 Å². The van der Waals surface area contributed by atoms with Crippen LogP contribution in [0, 0.1) is 0 Å². The fourth-order valence-electron chi connectivity index (χ4n) is 7.93. The Morgan fingerprint density at radius 2 is 0.900 bits per heavy atom. The minimum atomic E-state index is -0.0269. The molecular formula is C49H32O. The lowest BCUT2D eigenvalue weighted by molar-refractivity contribution is 0.661. The Kier molecular flexibility index (Phi) is 6.63. The summed E-state index contributed by atoms with van der Waals surface area (Å²) in [6.45, 7) is 0. The fourth-order valence-corrected chi connectivity index (χ4v) is 7.93. The molecule has 1 nitrogen and oxygen atoms in total. The molecule has 0 saturated carbocycles. The van der Waals surface area contributed by atoms with Crippen molar-refractivity contribution in [3.8, 4) is 22.3 Å². The van der Waals surface area contributed by atoms with E-state index in [2.05, 4.69) is 188 Å². The molecule has 0 bridgehead atoms. The van der Waals surface area contributed by atoms with Crippen molar-refractivity contribution in [1.82, 2.24) is 0 Å². The van der Waals surface area contributed by atoms with E-state index in [-0.39, 0.29) is 5.92 Å². The molecule has 1 atom stereocenters. The number of furan rings is 1. The standard InChI is InChI=1S/C49H32O/c1-2-11-32(12-3-1)33-21-25-35(26-22-33)48(44-20-10-19-43-46-29-37-13-4-5-14-38(37)31-47(46)50-49(43)44)36-27-23-34(24-28-36)45-30-39-15-6-7-16-40(39)41-17-8-9-18-42(41)45/h1-31,48H. The minimum Gasteiger partial charge on any atom is -0.456 e. The van der Waals surface area contributed by atoms with Crippen LogP contribution in [-0.4, -0.2) is 0 Å². The maximum absolute atomic E-state index is 6.79. The fraction of sp³-hybridized carbons (Fsp3) is 0.0204. The lowest BCUT2D eigenvalue weighted by Gasteiger charge is -2.20. The van der Waals surface area contributed by atoms with Gasteiger partial charge in [-0.15, -0.1) is 0 Å². The molecule has 0 fully saturated rings. The van der Waals surface area contributed by atoms with E-state index in [1.165, 1.54) is 71.3 Å². The van der Waals surface area contributed by atoms with Crippen molar-refractivity contribution < 1.29 is 4.42 Å². The average Bonchev–Trinajstić information content (AvgIpc) is 3.56. The number of rotatable bonds is 5. The number of fused-ring (bicyclic) bond motifs is 7. The van der Waals surface area contributed by atoms with Gasteiger partial charge in [0.15, 0.2) is 0 Å². The van der Waals surface area contributed by atoms with Gasteiger partial charge < -0.3 is 4.42 Å². The van der Waals surface area contributed by atoms with Crippen LogP contribution in [0.25, 0.3) is 76.5 Å². The van der Waals surface area contributed by atoms with Crippen molar-refractivity contribution in [3.63, 3.8) is 0 Å². The molecule has 1 unspecified atom stereocenters. The van der Waals surface area contributed by atoms with Crippen LogP contribution in [0.1, 0.15) is 22.6 Å². The molecule has 0 saturated heterocycles. The summed E-state index contributed by atoms with van der Waals surface area (Å²) in [6, 6.07) is 68.2. The van der Waals surface area contributed by atoms with Gasteiger partial charge in [0.05, 0.1) is 0 Å². The summed E-state index contributed by atoms with van der Waals surface area (Å²) in [7, 11) is 0. The predicted octanol–water partition coefficient (Wildman–Crippen LogP) is 13.6. The van der Waals surface area contributed by atoms with Gasteiger partial charge in [-0.3, -0.25) is 0 Å². The lowest BCUT2D eigenvalue weighted by atomic mass is 9.83. The summed E-state index contributed by atoms with van der Waals surface area (Å²) in [5, 5.41) is 9.80. The summed E-state index contributed by atoms with van der Waals surface area (Å²) >= 11 is 0. The highest BCUT2D eigenvalue weighted by molar-refractivity contribution is 6.14. The topological polar surface area (TPSA) is 13.1 Å². The highest BCUT2D eigenvalue weighted by Crippen LogP contribution is 2.42. The summed E-state index contributed by atoms with van der Waals surface area (Å²) in [4.78, 5) is 0. The largest absolute Gasteiger partial charge is 0.456 e. The molecule has 0 spiro atoms. The van der Waals surface area contributed by atoms with Crippen LogP contribution in [0.2, 0.25) is 0 Å². The Bertz CT molecular complexity index is 2840. The molecule has 0 aliphatic rings. The number of hydrogen-bond acceptors (Lipinski definition) is 1. The molecule has 10 aromatic rings. The van der Waals surface area contributed by atoms with Crippen molar-refractivity contribution in [3.05, 3.63) is 205 Å². The van der Waals surface area contributed by atoms with Crippen LogP contribution in [0.3, 0.4) is 0 Å². The van der Waals surface area contributed by atoms with Crippen molar-refractivity contribution >= 4 is 54.3 Å². The molecule has 234 valence electrons. The highest BCUT2D eigenvalue weighted by Gasteiger charge is 2.23. The Hall–Kier alpha value is -6.44. The molecule has 0 aliphatic carbocycles. The summed E-state index contributed by atoms with van der Waals surface area (Å²) < 4.78 is 6.79. The van der Waals surface area contributed by atoms with Crippen molar-refractivity contribution in [1.29, 1.82) is 0 Å². The first-order valence-corrected chi connectivity index (χ1v) is 17.3. The second-order valence-corrected chi connectivity index (χ2v) is 13.3. The van der Waals surface area contributed by atoms with E-state index < -0.39 is 0 Å². The predicted molar refractivity (Wildman–Crippen MR) is 211 cm³/mol. The number of benzene rings is 9. The van der Waals surface area contributed by atoms with E-state index in [4.69, 9.17) is 4.42 Å². The van der Waals surface area contributed by atoms with Gasteiger partial charge in [-0.25, -0.2) is 0 Å². The number of para-hydroxylation sites is 1. The van der Waals surface area contributed by atoms with Crippen LogP contribution in [0.5, 0.6) is 0 Å². The van der Waals surface area contributed by atoms with Crippen LogP contribution in [0.4, 0.5) is 0 Å². The third kappa shape index (κ3) is 4.70. The van der Waals surface area contributed by atoms with E-state index in [1.54, 1.807) is 0 Å². The van der Waals surface area contributed by atoms with Gasteiger partial charge >= 0.3 is 0 Å². The zero-order valence-corrected chi connectivity index (χ0v) is 27.4. The van der Waals surface area contributed by atoms with Gasteiger partial charge in [-0.1, -0.05) is 170 Å². The zero-order valence-electron chi connectivity index (χ0n) is 27.4. The maximum atomic E-state index is 6.79. The second-order valence-electron chi connectivity index (χ2n) is 13.3. The van der Waals surface area contributed by atoms with E-state index in [9.17, 15) is 0 Å². The van der Waals surface area contributed by atoms with Gasteiger partial charge in [0.1, 0.15) is 11.2 Å². The average molecular weight is 637 g/mol. The Morgan fingerprint density at radius 3 is 1.64 bits per heavy atom.